The molecule has 0 atom stereocenters. The Bertz CT molecular complexity index is 985. The first-order valence-corrected chi connectivity index (χ1v) is 8.82. The molecule has 0 fully saturated rings. The summed E-state index contributed by atoms with van der Waals surface area (Å²) in [5.74, 6) is 1.93. The summed E-state index contributed by atoms with van der Waals surface area (Å²) in [6, 6.07) is 13.2. The highest BCUT2D eigenvalue weighted by Gasteiger charge is 2.12. The van der Waals surface area contributed by atoms with Gasteiger partial charge in [-0.1, -0.05) is 40.7 Å². The summed E-state index contributed by atoms with van der Waals surface area (Å²) in [4.78, 5) is 8.53. The fraction of sp³-hybridized carbons (Fsp3) is 0.0588. The van der Waals surface area contributed by atoms with Crippen molar-refractivity contribution in [3.63, 3.8) is 0 Å². The molecule has 0 amide bonds. The van der Waals surface area contributed by atoms with E-state index in [9.17, 15) is 0 Å². The highest BCUT2D eigenvalue weighted by Crippen LogP contribution is 2.29. The van der Waals surface area contributed by atoms with Crippen LogP contribution in [0.15, 0.2) is 64.5 Å². The molecule has 0 aliphatic rings. The number of pyridine rings is 1. The largest absolute Gasteiger partial charge is 0.356 e. The Morgan fingerprint density at radius 3 is 2.92 bits per heavy atom. The van der Waals surface area contributed by atoms with E-state index in [1.54, 1.807) is 12.4 Å². The van der Waals surface area contributed by atoms with Crippen molar-refractivity contribution in [1.29, 1.82) is 0 Å². The van der Waals surface area contributed by atoms with E-state index in [-0.39, 0.29) is 0 Å². The van der Waals surface area contributed by atoms with E-state index in [4.69, 9.17) is 16.1 Å². The van der Waals surface area contributed by atoms with E-state index < -0.39 is 0 Å². The summed E-state index contributed by atoms with van der Waals surface area (Å²) in [6.45, 7) is 0. The molecule has 0 bridgehead atoms. The van der Waals surface area contributed by atoms with Crippen LogP contribution in [0.4, 0.5) is 0 Å². The van der Waals surface area contributed by atoms with Gasteiger partial charge in [0.15, 0.2) is 11.6 Å². The van der Waals surface area contributed by atoms with E-state index in [0.29, 0.717) is 27.5 Å². The first-order valence-electron chi connectivity index (χ1n) is 7.46. The summed E-state index contributed by atoms with van der Waals surface area (Å²) >= 11 is 7.65. The molecular weight excluding hydrogens is 358 g/mol. The van der Waals surface area contributed by atoms with Crippen LogP contribution in [0.2, 0.25) is 5.02 Å². The van der Waals surface area contributed by atoms with Crippen molar-refractivity contribution in [2.24, 2.45) is 0 Å². The minimum absolute atomic E-state index is 0.596. The number of nitrogens with zero attached hydrogens (tertiary/aromatic N) is 4. The van der Waals surface area contributed by atoms with Crippen molar-refractivity contribution >= 4 is 23.4 Å². The van der Waals surface area contributed by atoms with Crippen molar-refractivity contribution in [2.75, 3.05) is 0 Å². The number of hydrogen-bond acceptors (Lipinski definition) is 6. The molecule has 3 aromatic heterocycles. The van der Waals surface area contributed by atoms with Gasteiger partial charge in [-0.05, 0) is 24.3 Å². The van der Waals surface area contributed by atoms with Crippen LogP contribution in [0.5, 0.6) is 0 Å². The number of halogens is 1. The third kappa shape index (κ3) is 3.57. The molecule has 25 heavy (non-hydrogen) atoms. The first-order chi connectivity index (χ1) is 12.3. The molecule has 0 unspecified atom stereocenters. The molecule has 3 heterocycles. The van der Waals surface area contributed by atoms with Crippen LogP contribution in [0.25, 0.3) is 22.7 Å². The van der Waals surface area contributed by atoms with Crippen LogP contribution >= 0.6 is 23.4 Å². The third-order valence-electron chi connectivity index (χ3n) is 3.45. The first kappa shape index (κ1) is 15.9. The lowest BCUT2D eigenvalue weighted by Gasteiger charge is -1.96. The number of thioether (sulfide) groups is 1. The summed E-state index contributed by atoms with van der Waals surface area (Å²) in [5.41, 5.74) is 2.52. The molecule has 8 heteroatoms. The molecule has 4 aromatic rings. The molecule has 0 aliphatic carbocycles. The normalized spacial score (nSPS) is 10.9. The molecule has 1 N–H and O–H groups in total. The van der Waals surface area contributed by atoms with Gasteiger partial charge in [-0.3, -0.25) is 10.1 Å². The van der Waals surface area contributed by atoms with Crippen LogP contribution in [0.3, 0.4) is 0 Å². The maximum Gasteiger partial charge on any atom is 0.209 e. The molecule has 6 nitrogen and oxygen atoms in total. The van der Waals surface area contributed by atoms with E-state index in [1.165, 1.54) is 11.8 Å². The van der Waals surface area contributed by atoms with E-state index >= 15 is 0 Å². The van der Waals surface area contributed by atoms with Gasteiger partial charge in [0.05, 0.1) is 10.7 Å². The van der Waals surface area contributed by atoms with Gasteiger partial charge < -0.3 is 4.52 Å². The number of benzene rings is 1. The SMILES string of the molecule is Clc1ccccc1-c1cc(CSc2n[nH]c(-c3cccnc3)n2)no1. The fourth-order valence-electron chi connectivity index (χ4n) is 2.25. The van der Waals surface area contributed by atoms with Gasteiger partial charge in [0.2, 0.25) is 5.16 Å². The molecule has 124 valence electrons. The molecule has 0 radical (unpaired) electrons. The molecule has 0 saturated heterocycles. The van der Waals surface area contributed by atoms with E-state index in [0.717, 1.165) is 16.8 Å². The van der Waals surface area contributed by atoms with Crippen LogP contribution in [-0.2, 0) is 5.75 Å². The van der Waals surface area contributed by atoms with Gasteiger partial charge in [-0.25, -0.2) is 4.98 Å². The summed E-state index contributed by atoms with van der Waals surface area (Å²) in [7, 11) is 0. The second-order valence-corrected chi connectivity index (χ2v) is 6.51. The number of H-pyrrole nitrogens is 1. The second kappa shape index (κ2) is 7.08. The molecule has 1 aromatic carbocycles. The maximum atomic E-state index is 6.18. The number of rotatable bonds is 5. The number of aromatic amines is 1. The Kier molecular flexibility index (Phi) is 4.49. The Labute approximate surface area is 152 Å². The third-order valence-corrected chi connectivity index (χ3v) is 4.66. The van der Waals surface area contributed by atoms with E-state index in [1.807, 2.05) is 42.5 Å². The predicted molar refractivity (Wildman–Crippen MR) is 96.1 cm³/mol. The number of hydrogen-bond donors (Lipinski definition) is 1. The lowest BCUT2D eigenvalue weighted by atomic mass is 10.2. The lowest BCUT2D eigenvalue weighted by molar-refractivity contribution is 0.426. The molecule has 0 spiro atoms. The number of aromatic nitrogens is 5. The van der Waals surface area contributed by atoms with Crippen molar-refractivity contribution in [3.8, 4) is 22.7 Å². The highest BCUT2D eigenvalue weighted by atomic mass is 35.5. The van der Waals surface area contributed by atoms with Crippen molar-refractivity contribution in [3.05, 3.63) is 65.6 Å². The van der Waals surface area contributed by atoms with Gasteiger partial charge in [0, 0.05) is 35.3 Å². The monoisotopic (exact) mass is 369 g/mol. The average Bonchev–Trinajstić information content (AvgIpc) is 3.31. The van der Waals surface area contributed by atoms with Gasteiger partial charge in [-0.15, -0.1) is 5.10 Å². The van der Waals surface area contributed by atoms with Crippen LogP contribution in [0.1, 0.15) is 5.69 Å². The van der Waals surface area contributed by atoms with Crippen molar-refractivity contribution < 1.29 is 4.52 Å². The lowest BCUT2D eigenvalue weighted by Crippen LogP contribution is -1.82. The van der Waals surface area contributed by atoms with Gasteiger partial charge >= 0.3 is 0 Å². The molecular formula is C17H12ClN5OS. The topological polar surface area (TPSA) is 80.5 Å². The van der Waals surface area contributed by atoms with Gasteiger partial charge in [0.1, 0.15) is 0 Å². The summed E-state index contributed by atoms with van der Waals surface area (Å²) < 4.78 is 5.39. The molecule has 0 aliphatic heterocycles. The average molecular weight is 370 g/mol. The quantitative estimate of drug-likeness (QED) is 0.523. The highest BCUT2D eigenvalue weighted by molar-refractivity contribution is 7.98. The van der Waals surface area contributed by atoms with Crippen LogP contribution in [0, 0.1) is 0 Å². The fourth-order valence-corrected chi connectivity index (χ4v) is 3.16. The second-order valence-electron chi connectivity index (χ2n) is 5.16. The standard InChI is InChI=1S/C17H12ClN5OS/c18-14-6-2-1-5-13(14)15-8-12(23-24-15)10-25-17-20-16(21-22-17)11-4-3-7-19-9-11/h1-9H,10H2,(H,20,21,22). The minimum atomic E-state index is 0.596. The van der Waals surface area contributed by atoms with Gasteiger partial charge in [-0.2, -0.15) is 0 Å². The molecule has 4 rings (SSSR count). The number of nitrogens with one attached hydrogen (secondary N) is 1. The van der Waals surface area contributed by atoms with Gasteiger partial charge in [0.25, 0.3) is 0 Å². The Hall–Kier alpha value is -2.64. The van der Waals surface area contributed by atoms with Crippen LogP contribution in [-0.4, -0.2) is 25.3 Å². The van der Waals surface area contributed by atoms with E-state index in [2.05, 4.69) is 25.3 Å². The summed E-state index contributed by atoms with van der Waals surface area (Å²) in [5, 5.41) is 12.5. The Morgan fingerprint density at radius 1 is 1.16 bits per heavy atom. The zero-order valence-electron chi connectivity index (χ0n) is 12.9. The molecule has 0 saturated carbocycles. The van der Waals surface area contributed by atoms with Crippen molar-refractivity contribution in [2.45, 2.75) is 10.9 Å². The maximum absolute atomic E-state index is 6.18. The van der Waals surface area contributed by atoms with Crippen molar-refractivity contribution in [1.82, 2.24) is 25.3 Å². The van der Waals surface area contributed by atoms with Crippen LogP contribution < -0.4 is 0 Å². The zero-order chi connectivity index (χ0) is 17.1. The Balaban J connectivity index is 1.44. The smallest absolute Gasteiger partial charge is 0.209 e. The minimum Gasteiger partial charge on any atom is -0.356 e. The zero-order valence-corrected chi connectivity index (χ0v) is 14.5. The predicted octanol–water partition coefficient (Wildman–Crippen LogP) is 4.47. The Morgan fingerprint density at radius 2 is 2.08 bits per heavy atom. The summed E-state index contributed by atoms with van der Waals surface area (Å²) in [6.07, 6.45) is 3.46.